The smallest absolute Gasteiger partial charge is 0.309 e. The Morgan fingerprint density at radius 2 is 2.14 bits per heavy atom. The molecule has 1 heterocycles. The molecule has 4 nitrogen and oxygen atoms in total. The van der Waals surface area contributed by atoms with Gasteiger partial charge in [0.1, 0.15) is 0 Å². The van der Waals surface area contributed by atoms with Crippen LogP contribution in [-0.2, 0) is 14.3 Å². The highest BCUT2D eigenvalue weighted by atomic mass is 16.7. The summed E-state index contributed by atoms with van der Waals surface area (Å²) in [5.74, 6) is -0.140. The van der Waals surface area contributed by atoms with Gasteiger partial charge in [-0.3, -0.25) is 4.79 Å². The minimum atomic E-state index is -0.946. The monoisotopic (exact) mass is 202 g/mol. The minimum Gasteiger partial charge on any atom is -0.457 e. The number of ether oxygens (including phenoxy) is 2. The molecule has 0 spiro atoms. The van der Waals surface area contributed by atoms with Crippen LogP contribution in [0, 0.1) is 11.8 Å². The predicted molar refractivity (Wildman–Crippen MR) is 50.5 cm³/mol. The lowest BCUT2D eigenvalue weighted by atomic mass is 9.98. The van der Waals surface area contributed by atoms with Gasteiger partial charge in [0.25, 0.3) is 0 Å². The van der Waals surface area contributed by atoms with Gasteiger partial charge in [-0.25, -0.2) is 0 Å². The molecule has 14 heavy (non-hydrogen) atoms. The number of aliphatic hydroxyl groups is 1. The van der Waals surface area contributed by atoms with E-state index in [0.29, 0.717) is 13.0 Å². The molecule has 0 aromatic rings. The van der Waals surface area contributed by atoms with E-state index in [1.807, 2.05) is 20.8 Å². The van der Waals surface area contributed by atoms with Crippen LogP contribution in [0.5, 0.6) is 0 Å². The summed E-state index contributed by atoms with van der Waals surface area (Å²) in [4.78, 5) is 11.5. The number of hydrogen-bond donors (Lipinski definition) is 1. The van der Waals surface area contributed by atoms with Gasteiger partial charge >= 0.3 is 5.97 Å². The predicted octanol–water partition coefficient (Wildman–Crippen LogP) is 0.929. The molecule has 82 valence electrons. The van der Waals surface area contributed by atoms with E-state index in [9.17, 15) is 9.90 Å². The van der Waals surface area contributed by atoms with Gasteiger partial charge in [0.2, 0.25) is 0 Å². The van der Waals surface area contributed by atoms with Crippen molar-refractivity contribution >= 4 is 5.97 Å². The molecule has 3 atom stereocenters. The van der Waals surface area contributed by atoms with Crippen molar-refractivity contribution in [2.75, 3.05) is 6.61 Å². The minimum absolute atomic E-state index is 0.136. The van der Waals surface area contributed by atoms with Crippen LogP contribution in [0.3, 0.4) is 0 Å². The second-order valence-electron chi connectivity index (χ2n) is 4.06. The molecule has 0 amide bonds. The Morgan fingerprint density at radius 1 is 1.50 bits per heavy atom. The first-order valence-corrected chi connectivity index (χ1v) is 5.02. The fourth-order valence-corrected chi connectivity index (χ4v) is 1.20. The van der Waals surface area contributed by atoms with Crippen molar-refractivity contribution in [3.05, 3.63) is 0 Å². The summed E-state index contributed by atoms with van der Waals surface area (Å²) in [5, 5.41) is 9.26. The van der Waals surface area contributed by atoms with E-state index in [-0.39, 0.29) is 17.8 Å². The zero-order valence-electron chi connectivity index (χ0n) is 8.90. The summed E-state index contributed by atoms with van der Waals surface area (Å²) in [6, 6.07) is 0. The standard InChI is InChI=1S/C10H18O4/c1-6(2)7(3)9(11)14-8-4-5-13-10(8)12/h6-8,10,12H,4-5H2,1-3H3. The topological polar surface area (TPSA) is 55.8 Å². The number of carbonyl (C=O) groups excluding carboxylic acids is 1. The second kappa shape index (κ2) is 4.75. The molecular formula is C10H18O4. The molecule has 1 rings (SSSR count). The molecule has 0 aliphatic carbocycles. The third kappa shape index (κ3) is 2.69. The molecule has 0 bridgehead atoms. The molecule has 0 aromatic heterocycles. The van der Waals surface area contributed by atoms with Gasteiger partial charge in [-0.05, 0) is 5.92 Å². The maximum absolute atomic E-state index is 11.5. The molecule has 1 fully saturated rings. The SMILES string of the molecule is CC(C)C(C)C(=O)OC1CCOC1O. The van der Waals surface area contributed by atoms with E-state index >= 15 is 0 Å². The fourth-order valence-electron chi connectivity index (χ4n) is 1.20. The van der Waals surface area contributed by atoms with Crippen molar-refractivity contribution in [1.29, 1.82) is 0 Å². The number of hydrogen-bond acceptors (Lipinski definition) is 4. The first-order chi connectivity index (χ1) is 6.52. The Hall–Kier alpha value is -0.610. The van der Waals surface area contributed by atoms with Gasteiger partial charge < -0.3 is 14.6 Å². The first kappa shape index (κ1) is 11.5. The lowest BCUT2D eigenvalue weighted by molar-refractivity contribution is -0.171. The maximum Gasteiger partial charge on any atom is 0.309 e. The molecule has 4 heteroatoms. The van der Waals surface area contributed by atoms with Crippen molar-refractivity contribution < 1.29 is 19.4 Å². The van der Waals surface area contributed by atoms with Gasteiger partial charge in [-0.2, -0.15) is 0 Å². The molecule has 1 saturated heterocycles. The highest BCUT2D eigenvalue weighted by Gasteiger charge is 2.31. The van der Waals surface area contributed by atoms with Crippen molar-refractivity contribution in [1.82, 2.24) is 0 Å². The van der Waals surface area contributed by atoms with Crippen LogP contribution in [0.1, 0.15) is 27.2 Å². The largest absolute Gasteiger partial charge is 0.457 e. The molecular weight excluding hydrogens is 184 g/mol. The quantitative estimate of drug-likeness (QED) is 0.692. The second-order valence-corrected chi connectivity index (χ2v) is 4.06. The lowest BCUT2D eigenvalue weighted by Crippen LogP contribution is -2.30. The van der Waals surface area contributed by atoms with Crippen LogP contribution in [0.4, 0.5) is 0 Å². The van der Waals surface area contributed by atoms with E-state index in [0.717, 1.165) is 0 Å². The maximum atomic E-state index is 11.5. The van der Waals surface area contributed by atoms with Gasteiger partial charge in [-0.1, -0.05) is 20.8 Å². The molecule has 0 aromatic carbocycles. The summed E-state index contributed by atoms with van der Waals surface area (Å²) < 4.78 is 10.0. The lowest BCUT2D eigenvalue weighted by Gasteiger charge is -2.19. The van der Waals surface area contributed by atoms with Crippen LogP contribution < -0.4 is 0 Å². The number of aliphatic hydroxyl groups excluding tert-OH is 1. The molecule has 0 saturated carbocycles. The summed E-state index contributed by atoms with van der Waals surface area (Å²) in [5.41, 5.74) is 0. The van der Waals surface area contributed by atoms with Gasteiger partial charge in [0.15, 0.2) is 12.4 Å². The Morgan fingerprint density at radius 3 is 2.57 bits per heavy atom. The van der Waals surface area contributed by atoms with Crippen LogP contribution in [0.25, 0.3) is 0 Å². The highest BCUT2D eigenvalue weighted by Crippen LogP contribution is 2.19. The molecule has 0 radical (unpaired) electrons. The van der Waals surface area contributed by atoms with Crippen molar-refractivity contribution in [3.8, 4) is 0 Å². The molecule has 3 unspecified atom stereocenters. The van der Waals surface area contributed by atoms with Crippen molar-refractivity contribution in [2.45, 2.75) is 39.6 Å². The highest BCUT2D eigenvalue weighted by molar-refractivity contribution is 5.72. The summed E-state index contributed by atoms with van der Waals surface area (Å²) >= 11 is 0. The number of esters is 1. The zero-order chi connectivity index (χ0) is 10.7. The molecule has 1 aliphatic rings. The third-order valence-electron chi connectivity index (χ3n) is 2.65. The first-order valence-electron chi connectivity index (χ1n) is 5.02. The van der Waals surface area contributed by atoms with Gasteiger partial charge in [0, 0.05) is 6.42 Å². The third-order valence-corrected chi connectivity index (χ3v) is 2.65. The fraction of sp³-hybridized carbons (Fsp3) is 0.900. The Bertz CT molecular complexity index is 202. The Kier molecular flexibility index (Phi) is 3.89. The normalized spacial score (nSPS) is 29.2. The summed E-state index contributed by atoms with van der Waals surface area (Å²) in [6.07, 6.45) is -0.848. The van der Waals surface area contributed by atoms with Crippen LogP contribution in [-0.4, -0.2) is 30.1 Å². The average Bonchev–Trinajstić information content (AvgIpc) is 2.50. The van der Waals surface area contributed by atoms with E-state index in [2.05, 4.69) is 0 Å². The van der Waals surface area contributed by atoms with E-state index in [1.54, 1.807) is 0 Å². The van der Waals surface area contributed by atoms with Gasteiger partial charge in [0.05, 0.1) is 12.5 Å². The van der Waals surface area contributed by atoms with Crippen LogP contribution in [0.2, 0.25) is 0 Å². The summed E-state index contributed by atoms with van der Waals surface area (Å²) in [7, 11) is 0. The van der Waals surface area contributed by atoms with E-state index < -0.39 is 12.4 Å². The van der Waals surface area contributed by atoms with Crippen LogP contribution in [0.15, 0.2) is 0 Å². The summed E-state index contributed by atoms with van der Waals surface area (Å²) in [6.45, 7) is 6.21. The molecule has 1 N–H and O–H groups in total. The van der Waals surface area contributed by atoms with E-state index in [4.69, 9.17) is 9.47 Å². The Balaban J connectivity index is 2.40. The number of rotatable bonds is 3. The molecule has 1 aliphatic heterocycles. The van der Waals surface area contributed by atoms with Crippen molar-refractivity contribution in [3.63, 3.8) is 0 Å². The Labute approximate surface area is 84.2 Å². The average molecular weight is 202 g/mol. The van der Waals surface area contributed by atoms with Crippen LogP contribution >= 0.6 is 0 Å². The van der Waals surface area contributed by atoms with E-state index in [1.165, 1.54) is 0 Å². The van der Waals surface area contributed by atoms with Gasteiger partial charge in [-0.15, -0.1) is 0 Å². The zero-order valence-corrected chi connectivity index (χ0v) is 8.90. The van der Waals surface area contributed by atoms with Crippen molar-refractivity contribution in [2.24, 2.45) is 11.8 Å². The number of carbonyl (C=O) groups is 1.